The van der Waals surface area contributed by atoms with Crippen molar-refractivity contribution in [3.8, 4) is 0 Å². The van der Waals surface area contributed by atoms with Crippen LogP contribution in [0.4, 0.5) is 0 Å². The number of pyridine rings is 1. The summed E-state index contributed by atoms with van der Waals surface area (Å²) >= 11 is 0. The molecule has 1 atom stereocenters. The molecular weight excluding hydrogens is 272 g/mol. The van der Waals surface area contributed by atoms with Gasteiger partial charge in [0, 0.05) is 17.6 Å². The SMILES string of the molecule is CC(C)CCCC(C)NC(=O)Cc1cccc2cccnc12. The van der Waals surface area contributed by atoms with Crippen LogP contribution in [0, 0.1) is 5.92 Å². The Morgan fingerprint density at radius 1 is 1.14 bits per heavy atom. The number of rotatable bonds is 7. The van der Waals surface area contributed by atoms with E-state index in [0.29, 0.717) is 6.42 Å². The van der Waals surface area contributed by atoms with Crippen LogP contribution in [-0.2, 0) is 11.2 Å². The zero-order valence-corrected chi connectivity index (χ0v) is 13.8. The van der Waals surface area contributed by atoms with E-state index in [1.807, 2.05) is 30.3 Å². The second kappa shape index (κ2) is 7.92. The van der Waals surface area contributed by atoms with Gasteiger partial charge in [0.15, 0.2) is 0 Å². The van der Waals surface area contributed by atoms with Crippen molar-refractivity contribution >= 4 is 16.8 Å². The lowest BCUT2D eigenvalue weighted by molar-refractivity contribution is -0.121. The van der Waals surface area contributed by atoms with Crippen molar-refractivity contribution in [1.82, 2.24) is 10.3 Å². The van der Waals surface area contributed by atoms with Crippen molar-refractivity contribution in [2.75, 3.05) is 0 Å². The standard InChI is InChI=1S/C19H26N2O/c1-14(2)7-4-8-15(3)21-18(22)13-17-10-5-9-16-11-6-12-20-19(16)17/h5-6,9-12,14-15H,4,7-8,13H2,1-3H3,(H,21,22). The quantitative estimate of drug-likeness (QED) is 0.836. The molecule has 0 fully saturated rings. The third kappa shape index (κ3) is 4.83. The molecule has 2 rings (SSSR count). The number of hydrogen-bond donors (Lipinski definition) is 1. The number of hydrogen-bond acceptors (Lipinski definition) is 2. The lowest BCUT2D eigenvalue weighted by Gasteiger charge is -2.15. The Labute approximate surface area is 133 Å². The molecule has 1 aromatic carbocycles. The highest BCUT2D eigenvalue weighted by Crippen LogP contribution is 2.16. The van der Waals surface area contributed by atoms with Crippen molar-refractivity contribution in [3.05, 3.63) is 42.1 Å². The Bertz CT molecular complexity index is 616. The maximum Gasteiger partial charge on any atom is 0.224 e. The predicted octanol–water partition coefficient (Wildman–Crippen LogP) is 4.11. The van der Waals surface area contributed by atoms with Gasteiger partial charge in [-0.1, -0.05) is 51.0 Å². The average molecular weight is 298 g/mol. The first-order valence-electron chi connectivity index (χ1n) is 8.18. The Morgan fingerprint density at radius 2 is 1.91 bits per heavy atom. The molecule has 0 aliphatic heterocycles. The van der Waals surface area contributed by atoms with Gasteiger partial charge in [0.1, 0.15) is 0 Å². The van der Waals surface area contributed by atoms with Crippen LogP contribution in [0.25, 0.3) is 10.9 Å². The highest BCUT2D eigenvalue weighted by atomic mass is 16.1. The number of carbonyl (C=O) groups is 1. The average Bonchev–Trinajstić information content (AvgIpc) is 2.47. The van der Waals surface area contributed by atoms with Gasteiger partial charge < -0.3 is 5.32 Å². The highest BCUT2D eigenvalue weighted by Gasteiger charge is 2.10. The van der Waals surface area contributed by atoms with Crippen LogP contribution < -0.4 is 5.32 Å². The van der Waals surface area contributed by atoms with Crippen LogP contribution in [0.2, 0.25) is 0 Å². The second-order valence-corrected chi connectivity index (χ2v) is 6.46. The molecule has 1 N–H and O–H groups in total. The van der Waals surface area contributed by atoms with Crippen LogP contribution in [0.3, 0.4) is 0 Å². The fourth-order valence-corrected chi connectivity index (χ4v) is 2.71. The van der Waals surface area contributed by atoms with Crippen LogP contribution in [-0.4, -0.2) is 16.9 Å². The Balaban J connectivity index is 1.91. The van der Waals surface area contributed by atoms with Gasteiger partial charge in [-0.05, 0) is 30.9 Å². The van der Waals surface area contributed by atoms with Crippen molar-refractivity contribution in [3.63, 3.8) is 0 Å². The lowest BCUT2D eigenvalue weighted by Crippen LogP contribution is -2.33. The van der Waals surface area contributed by atoms with Crippen molar-refractivity contribution in [2.24, 2.45) is 5.92 Å². The van der Waals surface area contributed by atoms with Gasteiger partial charge in [0.25, 0.3) is 0 Å². The van der Waals surface area contributed by atoms with Gasteiger partial charge >= 0.3 is 0 Å². The summed E-state index contributed by atoms with van der Waals surface area (Å²) in [5.41, 5.74) is 1.91. The first kappa shape index (κ1) is 16.5. The molecular formula is C19H26N2O. The molecule has 3 heteroatoms. The monoisotopic (exact) mass is 298 g/mol. The van der Waals surface area contributed by atoms with Crippen molar-refractivity contribution in [1.29, 1.82) is 0 Å². The van der Waals surface area contributed by atoms with Crippen LogP contribution >= 0.6 is 0 Å². The maximum atomic E-state index is 12.2. The van der Waals surface area contributed by atoms with Crippen molar-refractivity contribution in [2.45, 2.75) is 52.5 Å². The fourth-order valence-electron chi connectivity index (χ4n) is 2.71. The zero-order valence-electron chi connectivity index (χ0n) is 13.8. The van der Waals surface area contributed by atoms with Crippen LogP contribution in [0.5, 0.6) is 0 Å². The number of nitrogens with zero attached hydrogens (tertiary/aromatic N) is 1. The molecule has 2 aromatic rings. The summed E-state index contributed by atoms with van der Waals surface area (Å²) in [7, 11) is 0. The van der Waals surface area contributed by atoms with E-state index in [1.54, 1.807) is 6.20 Å². The van der Waals surface area contributed by atoms with Gasteiger partial charge in [0.05, 0.1) is 11.9 Å². The fraction of sp³-hybridized carbons (Fsp3) is 0.474. The zero-order chi connectivity index (χ0) is 15.9. The predicted molar refractivity (Wildman–Crippen MR) is 91.7 cm³/mol. The van der Waals surface area contributed by atoms with Gasteiger partial charge in [-0.3, -0.25) is 9.78 Å². The van der Waals surface area contributed by atoms with Gasteiger partial charge in [-0.25, -0.2) is 0 Å². The maximum absolute atomic E-state index is 12.2. The molecule has 118 valence electrons. The summed E-state index contributed by atoms with van der Waals surface area (Å²) in [5.74, 6) is 0.805. The van der Waals surface area contributed by atoms with E-state index in [4.69, 9.17) is 0 Å². The normalized spacial score (nSPS) is 12.5. The molecule has 0 spiro atoms. The van der Waals surface area contributed by atoms with Gasteiger partial charge in [-0.2, -0.15) is 0 Å². The molecule has 0 saturated heterocycles. The van der Waals surface area contributed by atoms with Gasteiger partial charge in [0.2, 0.25) is 5.91 Å². The third-order valence-corrected chi connectivity index (χ3v) is 3.89. The number of carbonyl (C=O) groups excluding carboxylic acids is 1. The third-order valence-electron chi connectivity index (χ3n) is 3.89. The molecule has 0 bridgehead atoms. The van der Waals surface area contributed by atoms with E-state index < -0.39 is 0 Å². The van der Waals surface area contributed by atoms with Crippen LogP contribution in [0.15, 0.2) is 36.5 Å². The number of benzene rings is 1. The first-order chi connectivity index (χ1) is 10.6. The molecule has 22 heavy (non-hydrogen) atoms. The van der Waals surface area contributed by atoms with Gasteiger partial charge in [-0.15, -0.1) is 0 Å². The molecule has 3 nitrogen and oxygen atoms in total. The molecule has 0 aliphatic carbocycles. The number of fused-ring (bicyclic) bond motifs is 1. The van der Waals surface area contributed by atoms with E-state index in [2.05, 4.69) is 31.1 Å². The second-order valence-electron chi connectivity index (χ2n) is 6.46. The summed E-state index contributed by atoms with van der Waals surface area (Å²) in [6.45, 7) is 6.55. The number of nitrogens with one attached hydrogen (secondary N) is 1. The molecule has 1 amide bonds. The molecule has 0 saturated carbocycles. The summed E-state index contributed by atoms with van der Waals surface area (Å²) < 4.78 is 0. The Hall–Kier alpha value is -1.90. The molecule has 1 heterocycles. The minimum absolute atomic E-state index is 0.0789. The van der Waals surface area contributed by atoms with E-state index in [0.717, 1.165) is 35.2 Å². The Kier molecular flexibility index (Phi) is 5.93. The number of para-hydroxylation sites is 1. The van der Waals surface area contributed by atoms with E-state index in [9.17, 15) is 4.79 Å². The molecule has 1 unspecified atom stereocenters. The molecule has 0 aliphatic rings. The van der Waals surface area contributed by atoms with Crippen LogP contribution in [0.1, 0.15) is 45.6 Å². The number of amides is 1. The summed E-state index contributed by atoms with van der Waals surface area (Å²) in [6, 6.07) is 10.2. The minimum atomic E-state index is 0.0789. The van der Waals surface area contributed by atoms with E-state index in [-0.39, 0.29) is 11.9 Å². The topological polar surface area (TPSA) is 42.0 Å². The highest BCUT2D eigenvalue weighted by molar-refractivity contribution is 5.87. The lowest BCUT2D eigenvalue weighted by atomic mass is 10.0. The van der Waals surface area contributed by atoms with E-state index >= 15 is 0 Å². The molecule has 0 radical (unpaired) electrons. The van der Waals surface area contributed by atoms with Crippen molar-refractivity contribution < 1.29 is 4.79 Å². The smallest absolute Gasteiger partial charge is 0.224 e. The first-order valence-corrected chi connectivity index (χ1v) is 8.18. The molecule has 1 aromatic heterocycles. The summed E-state index contributed by atoms with van der Waals surface area (Å²) in [6.07, 6.45) is 5.58. The van der Waals surface area contributed by atoms with E-state index in [1.165, 1.54) is 6.42 Å². The summed E-state index contributed by atoms with van der Waals surface area (Å²) in [5, 5.41) is 4.18. The minimum Gasteiger partial charge on any atom is -0.353 e. The Morgan fingerprint density at radius 3 is 2.68 bits per heavy atom. The number of aromatic nitrogens is 1. The largest absolute Gasteiger partial charge is 0.353 e. The summed E-state index contributed by atoms with van der Waals surface area (Å²) in [4.78, 5) is 16.6.